The lowest BCUT2D eigenvalue weighted by Crippen LogP contribution is -2.07. The lowest BCUT2D eigenvalue weighted by Gasteiger charge is -2.19. The normalized spacial score (nSPS) is 13.7. The van der Waals surface area contributed by atoms with Crippen molar-refractivity contribution in [2.75, 3.05) is 0 Å². The molecule has 0 bridgehead atoms. The second-order valence-corrected chi connectivity index (χ2v) is 5.71. The van der Waals surface area contributed by atoms with Gasteiger partial charge in [-0.15, -0.1) is 0 Å². The molecule has 0 heterocycles. The smallest absolute Gasteiger partial charge is 0.133 e. The first-order valence-corrected chi connectivity index (χ1v) is 7.53. The maximum Gasteiger partial charge on any atom is 0.133 e. The summed E-state index contributed by atoms with van der Waals surface area (Å²) < 4.78 is 42.0. The van der Waals surface area contributed by atoms with Gasteiger partial charge < -0.3 is 0 Å². The van der Waals surface area contributed by atoms with E-state index in [-0.39, 0.29) is 11.4 Å². The molecule has 0 nitrogen and oxygen atoms in total. The lowest BCUT2D eigenvalue weighted by atomic mass is 9.87. The van der Waals surface area contributed by atoms with E-state index < -0.39 is 11.6 Å². The summed E-state index contributed by atoms with van der Waals surface area (Å²) in [6.45, 7) is 1.97. The van der Waals surface area contributed by atoms with Crippen LogP contribution in [0, 0.1) is 17.5 Å². The molecule has 1 aliphatic rings. The Balaban J connectivity index is 1.97. The topological polar surface area (TPSA) is 0 Å². The van der Waals surface area contributed by atoms with E-state index in [0.717, 1.165) is 17.5 Å². The summed E-state index contributed by atoms with van der Waals surface area (Å²) >= 11 is 0. The van der Waals surface area contributed by atoms with Crippen molar-refractivity contribution in [2.45, 2.75) is 32.6 Å². The SMILES string of the molecule is CCCc1cc(F)c(C2=CCc3ccc(F)cc3C2)c(F)c1. The van der Waals surface area contributed by atoms with Gasteiger partial charge in [0, 0.05) is 5.56 Å². The van der Waals surface area contributed by atoms with E-state index in [4.69, 9.17) is 0 Å². The lowest BCUT2D eigenvalue weighted by molar-refractivity contribution is 0.571. The molecule has 0 saturated heterocycles. The molecule has 1 aliphatic carbocycles. The summed E-state index contributed by atoms with van der Waals surface area (Å²) in [7, 11) is 0. The zero-order valence-corrected chi connectivity index (χ0v) is 12.4. The molecule has 0 atom stereocenters. The van der Waals surface area contributed by atoms with Crippen LogP contribution >= 0.6 is 0 Å². The molecule has 0 radical (unpaired) electrons. The maximum atomic E-state index is 14.3. The molecule has 0 unspecified atom stereocenters. The van der Waals surface area contributed by atoms with Crippen LogP contribution in [-0.4, -0.2) is 0 Å². The Morgan fingerprint density at radius 2 is 1.68 bits per heavy atom. The van der Waals surface area contributed by atoms with Gasteiger partial charge in [0.2, 0.25) is 0 Å². The van der Waals surface area contributed by atoms with Crippen molar-refractivity contribution in [2.24, 2.45) is 0 Å². The molecular weight excluding hydrogens is 285 g/mol. The minimum Gasteiger partial charge on any atom is -0.207 e. The Morgan fingerprint density at radius 1 is 0.955 bits per heavy atom. The molecule has 0 fully saturated rings. The molecule has 0 amide bonds. The Labute approximate surface area is 128 Å². The number of allylic oxidation sites excluding steroid dienone is 2. The third kappa shape index (κ3) is 2.80. The maximum absolute atomic E-state index is 14.3. The summed E-state index contributed by atoms with van der Waals surface area (Å²) in [4.78, 5) is 0. The number of hydrogen-bond acceptors (Lipinski definition) is 0. The Hall–Kier alpha value is -2.03. The zero-order valence-electron chi connectivity index (χ0n) is 12.4. The molecule has 0 spiro atoms. The highest BCUT2D eigenvalue weighted by Gasteiger charge is 2.19. The van der Waals surface area contributed by atoms with Crippen molar-refractivity contribution >= 4 is 5.57 Å². The van der Waals surface area contributed by atoms with Crippen LogP contribution in [0.2, 0.25) is 0 Å². The van der Waals surface area contributed by atoms with E-state index in [1.54, 1.807) is 6.07 Å². The molecule has 0 N–H and O–H groups in total. The largest absolute Gasteiger partial charge is 0.207 e. The summed E-state index contributed by atoms with van der Waals surface area (Å²) in [5.41, 5.74) is 3.09. The number of fused-ring (bicyclic) bond motifs is 1. The van der Waals surface area contributed by atoms with Gasteiger partial charge in [-0.05, 0) is 65.8 Å². The van der Waals surface area contributed by atoms with E-state index in [1.807, 2.05) is 13.0 Å². The van der Waals surface area contributed by atoms with Gasteiger partial charge in [0.25, 0.3) is 0 Å². The molecule has 2 aromatic carbocycles. The standard InChI is InChI=1S/C19H17F3/c1-2-3-12-8-17(21)19(18(22)9-12)14-5-4-13-6-7-16(20)11-15(13)10-14/h5-9,11H,2-4,10H2,1H3. The van der Waals surface area contributed by atoms with Crippen LogP contribution in [0.5, 0.6) is 0 Å². The Kier molecular flexibility index (Phi) is 4.06. The van der Waals surface area contributed by atoms with E-state index in [2.05, 4.69) is 0 Å². The predicted molar refractivity (Wildman–Crippen MR) is 82.1 cm³/mol. The van der Waals surface area contributed by atoms with Gasteiger partial charge in [-0.25, -0.2) is 13.2 Å². The highest BCUT2D eigenvalue weighted by atomic mass is 19.1. The molecule has 3 heteroatoms. The summed E-state index contributed by atoms with van der Waals surface area (Å²) in [6, 6.07) is 7.41. The molecular formula is C19H17F3. The van der Waals surface area contributed by atoms with Crippen LogP contribution < -0.4 is 0 Å². The Morgan fingerprint density at radius 3 is 2.36 bits per heavy atom. The van der Waals surface area contributed by atoms with Crippen molar-refractivity contribution in [1.82, 2.24) is 0 Å². The van der Waals surface area contributed by atoms with Gasteiger partial charge >= 0.3 is 0 Å². The molecule has 3 rings (SSSR count). The van der Waals surface area contributed by atoms with Crippen molar-refractivity contribution < 1.29 is 13.2 Å². The van der Waals surface area contributed by atoms with E-state index in [1.165, 1.54) is 24.3 Å². The second-order valence-electron chi connectivity index (χ2n) is 5.71. The first-order chi connectivity index (χ1) is 10.6. The van der Waals surface area contributed by atoms with Crippen molar-refractivity contribution in [1.29, 1.82) is 0 Å². The first kappa shape index (κ1) is 14.9. The number of hydrogen-bond donors (Lipinski definition) is 0. The molecule has 0 saturated carbocycles. The van der Waals surface area contributed by atoms with Crippen molar-refractivity contribution in [3.63, 3.8) is 0 Å². The zero-order chi connectivity index (χ0) is 15.7. The monoisotopic (exact) mass is 302 g/mol. The van der Waals surface area contributed by atoms with Crippen LogP contribution in [0.4, 0.5) is 13.2 Å². The van der Waals surface area contributed by atoms with Crippen LogP contribution in [-0.2, 0) is 19.3 Å². The van der Waals surface area contributed by atoms with Crippen molar-refractivity contribution in [3.8, 4) is 0 Å². The molecule has 0 aromatic heterocycles. The first-order valence-electron chi connectivity index (χ1n) is 7.53. The summed E-state index contributed by atoms with van der Waals surface area (Å²) in [6.07, 6.45) is 4.25. The summed E-state index contributed by atoms with van der Waals surface area (Å²) in [5.74, 6) is -1.39. The van der Waals surface area contributed by atoms with Gasteiger partial charge in [0.05, 0.1) is 0 Å². The average Bonchev–Trinajstić information content (AvgIpc) is 2.46. The third-order valence-corrected chi connectivity index (χ3v) is 4.08. The predicted octanol–water partition coefficient (Wildman–Crippen LogP) is 5.24. The number of aryl methyl sites for hydroxylation is 1. The van der Waals surface area contributed by atoms with Gasteiger partial charge in [-0.2, -0.15) is 0 Å². The average molecular weight is 302 g/mol. The van der Waals surface area contributed by atoms with E-state index >= 15 is 0 Å². The van der Waals surface area contributed by atoms with Gasteiger partial charge in [0.15, 0.2) is 0 Å². The highest BCUT2D eigenvalue weighted by molar-refractivity contribution is 5.71. The third-order valence-electron chi connectivity index (χ3n) is 4.08. The van der Waals surface area contributed by atoms with Gasteiger partial charge in [-0.1, -0.05) is 25.5 Å². The molecule has 0 aliphatic heterocycles. The van der Waals surface area contributed by atoms with Gasteiger partial charge in [0.1, 0.15) is 17.5 Å². The number of benzene rings is 2. The van der Waals surface area contributed by atoms with Crippen LogP contribution in [0.25, 0.3) is 5.57 Å². The van der Waals surface area contributed by atoms with Crippen molar-refractivity contribution in [3.05, 3.63) is 76.1 Å². The Bertz CT molecular complexity index is 721. The van der Waals surface area contributed by atoms with Crippen LogP contribution in [0.15, 0.2) is 36.4 Å². The quantitative estimate of drug-likeness (QED) is 0.727. The highest BCUT2D eigenvalue weighted by Crippen LogP contribution is 2.31. The fraction of sp³-hybridized carbons (Fsp3) is 0.263. The number of halogens is 3. The van der Waals surface area contributed by atoms with E-state index in [0.29, 0.717) is 30.4 Å². The fourth-order valence-electron chi connectivity index (χ4n) is 3.02. The number of rotatable bonds is 3. The van der Waals surface area contributed by atoms with Crippen LogP contribution in [0.1, 0.15) is 35.6 Å². The minimum atomic E-state index is -0.533. The molecule has 2 aromatic rings. The van der Waals surface area contributed by atoms with Crippen LogP contribution in [0.3, 0.4) is 0 Å². The molecule has 114 valence electrons. The second kappa shape index (κ2) is 5.99. The fourth-order valence-corrected chi connectivity index (χ4v) is 3.02. The molecule has 22 heavy (non-hydrogen) atoms. The summed E-state index contributed by atoms with van der Waals surface area (Å²) in [5, 5.41) is 0. The minimum absolute atomic E-state index is 0.0229. The van der Waals surface area contributed by atoms with Gasteiger partial charge in [-0.3, -0.25) is 0 Å². The van der Waals surface area contributed by atoms with E-state index in [9.17, 15) is 13.2 Å².